The molecule has 72 valence electrons. The first-order valence-corrected chi connectivity index (χ1v) is 4.72. The molecule has 0 atom stereocenters. The van der Waals surface area contributed by atoms with Gasteiger partial charge in [0.2, 0.25) is 0 Å². The third kappa shape index (κ3) is 1.82. The van der Waals surface area contributed by atoms with Crippen molar-refractivity contribution in [3.05, 3.63) is 36.2 Å². The molecule has 1 aromatic heterocycles. The van der Waals surface area contributed by atoms with E-state index in [2.05, 4.69) is 10.1 Å². The number of rotatable bonds is 1. The standard InChI is InChI=1S/C11H12N2O/c14-13-11-3-1-2-10(8-11)9-4-6-12-7-5-9/h4-8,14H,1-3H2. The molecule has 0 radical (unpaired) electrons. The summed E-state index contributed by atoms with van der Waals surface area (Å²) in [6.45, 7) is 0. The molecule has 3 heteroatoms. The van der Waals surface area contributed by atoms with Gasteiger partial charge >= 0.3 is 0 Å². The molecule has 1 aromatic rings. The lowest BCUT2D eigenvalue weighted by Crippen LogP contribution is -2.02. The van der Waals surface area contributed by atoms with Crippen molar-refractivity contribution >= 4 is 11.3 Å². The quantitative estimate of drug-likeness (QED) is 0.543. The maximum absolute atomic E-state index is 8.69. The lowest BCUT2D eigenvalue weighted by atomic mass is 9.93. The van der Waals surface area contributed by atoms with E-state index in [0.717, 1.165) is 25.0 Å². The van der Waals surface area contributed by atoms with E-state index in [1.807, 2.05) is 18.2 Å². The SMILES string of the molecule is ON=C1C=C(c2ccncc2)CCC1. The molecular weight excluding hydrogens is 176 g/mol. The van der Waals surface area contributed by atoms with Gasteiger partial charge in [-0.2, -0.15) is 0 Å². The van der Waals surface area contributed by atoms with Gasteiger partial charge in [-0.25, -0.2) is 0 Å². The number of hydrogen-bond acceptors (Lipinski definition) is 3. The second kappa shape index (κ2) is 4.05. The number of aromatic nitrogens is 1. The third-order valence-electron chi connectivity index (χ3n) is 2.40. The van der Waals surface area contributed by atoms with Crippen LogP contribution in [0.5, 0.6) is 0 Å². The highest BCUT2D eigenvalue weighted by molar-refractivity contribution is 6.01. The van der Waals surface area contributed by atoms with E-state index in [9.17, 15) is 0 Å². The van der Waals surface area contributed by atoms with Gasteiger partial charge in [0, 0.05) is 12.4 Å². The van der Waals surface area contributed by atoms with Gasteiger partial charge in [-0.15, -0.1) is 0 Å². The van der Waals surface area contributed by atoms with Crippen LogP contribution in [0.15, 0.2) is 35.8 Å². The highest BCUT2D eigenvalue weighted by atomic mass is 16.4. The van der Waals surface area contributed by atoms with E-state index in [1.165, 1.54) is 11.1 Å². The van der Waals surface area contributed by atoms with Crippen LogP contribution in [-0.4, -0.2) is 15.9 Å². The average Bonchev–Trinajstić information content (AvgIpc) is 2.30. The van der Waals surface area contributed by atoms with Crippen molar-refractivity contribution in [2.45, 2.75) is 19.3 Å². The summed E-state index contributed by atoms with van der Waals surface area (Å²) in [5.74, 6) is 0. The van der Waals surface area contributed by atoms with E-state index in [-0.39, 0.29) is 0 Å². The van der Waals surface area contributed by atoms with Gasteiger partial charge in [0.25, 0.3) is 0 Å². The van der Waals surface area contributed by atoms with E-state index >= 15 is 0 Å². The Bertz CT molecular complexity index is 368. The van der Waals surface area contributed by atoms with Gasteiger partial charge in [0.1, 0.15) is 0 Å². The molecule has 1 heterocycles. The number of oxime groups is 1. The second-order valence-corrected chi connectivity index (χ2v) is 3.35. The van der Waals surface area contributed by atoms with Crippen LogP contribution in [0.2, 0.25) is 0 Å². The Balaban J connectivity index is 2.31. The zero-order valence-corrected chi connectivity index (χ0v) is 7.85. The number of allylic oxidation sites excluding steroid dienone is 2. The molecule has 0 aliphatic heterocycles. The fraction of sp³-hybridized carbons (Fsp3) is 0.273. The predicted molar refractivity (Wildman–Crippen MR) is 55.3 cm³/mol. The van der Waals surface area contributed by atoms with Crippen molar-refractivity contribution in [1.82, 2.24) is 4.98 Å². The molecule has 0 aromatic carbocycles. The summed E-state index contributed by atoms with van der Waals surface area (Å²) >= 11 is 0. The summed E-state index contributed by atoms with van der Waals surface area (Å²) < 4.78 is 0. The fourth-order valence-electron chi connectivity index (χ4n) is 1.68. The van der Waals surface area contributed by atoms with Crippen LogP contribution in [0, 0.1) is 0 Å². The predicted octanol–water partition coefficient (Wildman–Crippen LogP) is 2.48. The van der Waals surface area contributed by atoms with Crippen molar-refractivity contribution in [3.8, 4) is 0 Å². The summed E-state index contributed by atoms with van der Waals surface area (Å²) in [5.41, 5.74) is 3.16. The summed E-state index contributed by atoms with van der Waals surface area (Å²) in [6, 6.07) is 3.96. The zero-order valence-electron chi connectivity index (χ0n) is 7.85. The lowest BCUT2D eigenvalue weighted by molar-refractivity contribution is 0.318. The first kappa shape index (κ1) is 8.94. The minimum atomic E-state index is 0.767. The third-order valence-corrected chi connectivity index (χ3v) is 2.40. The Kier molecular flexibility index (Phi) is 2.58. The van der Waals surface area contributed by atoms with Crippen LogP contribution in [0.1, 0.15) is 24.8 Å². The van der Waals surface area contributed by atoms with Crippen molar-refractivity contribution in [1.29, 1.82) is 0 Å². The first-order chi connectivity index (χ1) is 6.90. The Morgan fingerprint density at radius 2 is 2.00 bits per heavy atom. The first-order valence-electron chi connectivity index (χ1n) is 4.72. The maximum Gasteiger partial charge on any atom is 0.0798 e. The average molecular weight is 188 g/mol. The number of pyridine rings is 1. The molecule has 1 aliphatic rings. The maximum atomic E-state index is 8.69. The van der Waals surface area contributed by atoms with Gasteiger partial charge < -0.3 is 5.21 Å². The fourth-order valence-corrected chi connectivity index (χ4v) is 1.68. The Labute approximate surface area is 82.8 Å². The van der Waals surface area contributed by atoms with Crippen molar-refractivity contribution in [2.75, 3.05) is 0 Å². The summed E-state index contributed by atoms with van der Waals surface area (Å²) in [6.07, 6.45) is 8.47. The van der Waals surface area contributed by atoms with Gasteiger partial charge in [-0.05, 0) is 48.6 Å². The number of nitrogens with zero attached hydrogens (tertiary/aromatic N) is 2. The van der Waals surface area contributed by atoms with Crippen molar-refractivity contribution in [3.63, 3.8) is 0 Å². The zero-order chi connectivity index (χ0) is 9.80. The minimum Gasteiger partial charge on any atom is -0.411 e. The summed E-state index contributed by atoms with van der Waals surface area (Å²) in [7, 11) is 0. The molecule has 0 spiro atoms. The van der Waals surface area contributed by atoms with E-state index in [4.69, 9.17) is 5.21 Å². The molecule has 3 nitrogen and oxygen atoms in total. The van der Waals surface area contributed by atoms with Crippen LogP contribution in [0.3, 0.4) is 0 Å². The molecule has 0 bridgehead atoms. The Morgan fingerprint density at radius 3 is 2.71 bits per heavy atom. The van der Waals surface area contributed by atoms with Crippen LogP contribution < -0.4 is 0 Å². The van der Waals surface area contributed by atoms with Gasteiger partial charge in [-0.1, -0.05) is 5.16 Å². The second-order valence-electron chi connectivity index (χ2n) is 3.35. The normalized spacial score (nSPS) is 19.4. The molecular formula is C11H12N2O. The summed E-state index contributed by atoms with van der Waals surface area (Å²) in [5, 5.41) is 11.9. The molecule has 0 fully saturated rings. The highest BCUT2D eigenvalue weighted by Crippen LogP contribution is 2.24. The van der Waals surface area contributed by atoms with Crippen LogP contribution in [0.25, 0.3) is 5.57 Å². The molecule has 14 heavy (non-hydrogen) atoms. The van der Waals surface area contributed by atoms with E-state index < -0.39 is 0 Å². The molecule has 0 saturated heterocycles. The largest absolute Gasteiger partial charge is 0.411 e. The van der Waals surface area contributed by atoms with Crippen LogP contribution in [0.4, 0.5) is 0 Å². The topological polar surface area (TPSA) is 45.5 Å². The van der Waals surface area contributed by atoms with Gasteiger partial charge in [0.15, 0.2) is 0 Å². The molecule has 0 unspecified atom stereocenters. The Morgan fingerprint density at radius 1 is 1.21 bits per heavy atom. The molecule has 0 amide bonds. The molecule has 1 aliphatic carbocycles. The van der Waals surface area contributed by atoms with Crippen molar-refractivity contribution < 1.29 is 5.21 Å². The van der Waals surface area contributed by atoms with Crippen molar-refractivity contribution in [2.24, 2.45) is 5.16 Å². The van der Waals surface area contributed by atoms with E-state index in [0.29, 0.717) is 0 Å². The smallest absolute Gasteiger partial charge is 0.0798 e. The summed E-state index contributed by atoms with van der Waals surface area (Å²) in [4.78, 5) is 3.97. The highest BCUT2D eigenvalue weighted by Gasteiger charge is 2.10. The minimum absolute atomic E-state index is 0.767. The monoisotopic (exact) mass is 188 g/mol. The molecule has 0 saturated carbocycles. The van der Waals surface area contributed by atoms with Gasteiger partial charge in [0.05, 0.1) is 5.71 Å². The molecule has 1 N–H and O–H groups in total. The number of hydrogen-bond donors (Lipinski definition) is 1. The van der Waals surface area contributed by atoms with Gasteiger partial charge in [-0.3, -0.25) is 4.98 Å². The Hall–Kier alpha value is -1.64. The molecule has 2 rings (SSSR count). The lowest BCUT2D eigenvalue weighted by Gasteiger charge is -2.13. The van der Waals surface area contributed by atoms with Crippen LogP contribution in [-0.2, 0) is 0 Å². The van der Waals surface area contributed by atoms with E-state index in [1.54, 1.807) is 12.4 Å². The van der Waals surface area contributed by atoms with Crippen LogP contribution >= 0.6 is 0 Å².